The maximum atomic E-state index is 12.2. The van der Waals surface area contributed by atoms with Crippen LogP contribution >= 0.6 is 0 Å². The fourth-order valence-corrected chi connectivity index (χ4v) is 3.40. The number of nitrogens with zero attached hydrogens (tertiary/aromatic N) is 2. The summed E-state index contributed by atoms with van der Waals surface area (Å²) in [5, 5.41) is 1.46. The Hall–Kier alpha value is -1.80. The summed E-state index contributed by atoms with van der Waals surface area (Å²) in [4.78, 5) is 11.9. The van der Waals surface area contributed by atoms with Crippen molar-refractivity contribution in [3.63, 3.8) is 0 Å². The molecule has 1 heterocycles. The van der Waals surface area contributed by atoms with Crippen LogP contribution in [-0.4, -0.2) is 38.9 Å². The molecule has 1 aromatic carbocycles. The van der Waals surface area contributed by atoms with E-state index in [4.69, 9.17) is 0 Å². The van der Waals surface area contributed by atoms with Gasteiger partial charge in [-0.25, -0.2) is 14.9 Å². The van der Waals surface area contributed by atoms with Gasteiger partial charge in [0.15, 0.2) is 0 Å². The first kappa shape index (κ1) is 16.6. The molecule has 0 bridgehead atoms. The third-order valence-corrected chi connectivity index (χ3v) is 5.21. The molecule has 2 amide bonds. The number of hydrazine groups is 1. The number of piperidine rings is 1. The van der Waals surface area contributed by atoms with Gasteiger partial charge in [-0.05, 0) is 30.9 Å². The maximum absolute atomic E-state index is 12.2. The second kappa shape index (κ2) is 6.97. The van der Waals surface area contributed by atoms with Gasteiger partial charge in [0.25, 0.3) is 0 Å². The van der Waals surface area contributed by atoms with Crippen LogP contribution in [0.2, 0.25) is 0 Å². The van der Waals surface area contributed by atoms with Crippen LogP contribution in [0.3, 0.4) is 0 Å². The molecule has 0 aromatic heterocycles. The molecule has 2 rings (SSSR count). The average Bonchev–Trinajstić information content (AvgIpc) is 2.48. The molecule has 8 heteroatoms. The molecule has 22 heavy (non-hydrogen) atoms. The molecule has 0 atom stereocenters. The number of hydrogen-bond donors (Lipinski definition) is 2. The summed E-state index contributed by atoms with van der Waals surface area (Å²) in [6.07, 6.45) is 1.62. The van der Waals surface area contributed by atoms with Crippen LogP contribution in [-0.2, 0) is 10.2 Å². The third-order valence-electron chi connectivity index (χ3n) is 3.72. The van der Waals surface area contributed by atoms with Crippen molar-refractivity contribution in [2.24, 2.45) is 5.92 Å². The first-order chi connectivity index (χ1) is 10.4. The van der Waals surface area contributed by atoms with Gasteiger partial charge in [-0.1, -0.05) is 25.1 Å². The van der Waals surface area contributed by atoms with Crippen molar-refractivity contribution < 1.29 is 13.2 Å². The molecule has 1 aromatic rings. The van der Waals surface area contributed by atoms with Crippen molar-refractivity contribution in [2.45, 2.75) is 19.8 Å². The lowest BCUT2D eigenvalue weighted by atomic mass is 10.0. The lowest BCUT2D eigenvalue weighted by molar-refractivity contribution is 0.243. The molecule has 1 saturated heterocycles. The Bertz CT molecular complexity index is 598. The maximum Gasteiger partial charge on any atom is 0.348 e. The normalized spacial score (nSPS) is 17.0. The van der Waals surface area contributed by atoms with Gasteiger partial charge in [0, 0.05) is 20.1 Å². The topological polar surface area (TPSA) is 81.8 Å². The summed E-state index contributed by atoms with van der Waals surface area (Å²) in [6.45, 7) is 2.98. The zero-order valence-corrected chi connectivity index (χ0v) is 13.6. The standard InChI is InChI=1S/C14H22N4O3S/c1-12-8-10-18(11-9-12)22(20,21)16-14(19)15-17(2)13-6-4-3-5-7-13/h3-7,12H,8-11H2,1-2H3,(H2,15,16,19). The number of amides is 2. The molecule has 0 radical (unpaired) electrons. The highest BCUT2D eigenvalue weighted by Gasteiger charge is 2.28. The van der Waals surface area contributed by atoms with Crippen molar-refractivity contribution in [1.82, 2.24) is 14.5 Å². The van der Waals surface area contributed by atoms with Gasteiger partial charge in [0.05, 0.1) is 5.69 Å². The summed E-state index contributed by atoms with van der Waals surface area (Å²) in [5.41, 5.74) is 3.23. The number of urea groups is 1. The van der Waals surface area contributed by atoms with Crippen LogP contribution in [0.15, 0.2) is 30.3 Å². The van der Waals surface area contributed by atoms with Gasteiger partial charge in [0.1, 0.15) is 0 Å². The minimum Gasteiger partial charge on any atom is -0.287 e. The molecule has 1 aliphatic rings. The van der Waals surface area contributed by atoms with E-state index >= 15 is 0 Å². The average molecular weight is 326 g/mol. The van der Waals surface area contributed by atoms with E-state index in [1.165, 1.54) is 9.31 Å². The minimum atomic E-state index is -3.79. The van der Waals surface area contributed by atoms with Gasteiger partial charge < -0.3 is 0 Å². The predicted octanol–water partition coefficient (Wildman–Crippen LogP) is 1.31. The number of rotatable bonds is 4. The van der Waals surface area contributed by atoms with E-state index < -0.39 is 16.2 Å². The van der Waals surface area contributed by atoms with E-state index in [0.29, 0.717) is 19.0 Å². The first-order valence-corrected chi connectivity index (χ1v) is 8.70. The first-order valence-electron chi connectivity index (χ1n) is 7.26. The van der Waals surface area contributed by atoms with Crippen molar-refractivity contribution >= 4 is 21.9 Å². The van der Waals surface area contributed by atoms with E-state index in [1.807, 2.05) is 22.9 Å². The monoisotopic (exact) mass is 326 g/mol. The van der Waals surface area contributed by atoms with E-state index in [9.17, 15) is 13.2 Å². The predicted molar refractivity (Wildman–Crippen MR) is 85.4 cm³/mol. The highest BCUT2D eigenvalue weighted by atomic mass is 32.2. The van der Waals surface area contributed by atoms with Crippen molar-refractivity contribution in [2.75, 3.05) is 25.1 Å². The van der Waals surface area contributed by atoms with E-state index in [-0.39, 0.29) is 0 Å². The zero-order chi connectivity index (χ0) is 16.2. The Morgan fingerprint density at radius 1 is 1.23 bits per heavy atom. The van der Waals surface area contributed by atoms with Crippen LogP contribution in [0.25, 0.3) is 0 Å². The molecule has 0 unspecified atom stereocenters. The second-order valence-corrected chi connectivity index (χ2v) is 7.19. The molecule has 2 N–H and O–H groups in total. The number of anilines is 1. The van der Waals surface area contributed by atoms with E-state index in [1.54, 1.807) is 19.2 Å². The van der Waals surface area contributed by atoms with Crippen LogP contribution in [0.1, 0.15) is 19.8 Å². The highest BCUT2D eigenvalue weighted by Crippen LogP contribution is 2.17. The minimum absolute atomic E-state index is 0.443. The highest BCUT2D eigenvalue weighted by molar-refractivity contribution is 7.87. The number of nitrogens with one attached hydrogen (secondary N) is 2. The van der Waals surface area contributed by atoms with Gasteiger partial charge in [-0.2, -0.15) is 12.7 Å². The van der Waals surface area contributed by atoms with Crippen LogP contribution in [0, 0.1) is 5.92 Å². The summed E-state index contributed by atoms with van der Waals surface area (Å²) >= 11 is 0. The molecular weight excluding hydrogens is 304 g/mol. The number of para-hydroxylation sites is 1. The lowest BCUT2D eigenvalue weighted by Gasteiger charge is -2.29. The number of carbonyl (C=O) groups is 1. The summed E-state index contributed by atoms with van der Waals surface area (Å²) < 4.78 is 27.7. The molecule has 122 valence electrons. The Morgan fingerprint density at radius 3 is 2.41 bits per heavy atom. The molecule has 1 fully saturated rings. The largest absolute Gasteiger partial charge is 0.348 e. The molecule has 0 spiro atoms. The van der Waals surface area contributed by atoms with Gasteiger partial charge in [-0.15, -0.1) is 0 Å². The molecule has 1 aliphatic heterocycles. The van der Waals surface area contributed by atoms with Gasteiger partial charge in [0.2, 0.25) is 0 Å². The Kier molecular flexibility index (Phi) is 5.25. The third kappa shape index (κ3) is 4.35. The fourth-order valence-electron chi connectivity index (χ4n) is 2.30. The summed E-state index contributed by atoms with van der Waals surface area (Å²) in [7, 11) is -2.15. The Labute approximate surface area is 131 Å². The van der Waals surface area contributed by atoms with Crippen molar-refractivity contribution in [1.29, 1.82) is 0 Å². The van der Waals surface area contributed by atoms with Crippen molar-refractivity contribution in [3.05, 3.63) is 30.3 Å². The van der Waals surface area contributed by atoms with Gasteiger partial charge in [-0.3, -0.25) is 5.01 Å². The Balaban J connectivity index is 1.91. The molecule has 7 nitrogen and oxygen atoms in total. The van der Waals surface area contributed by atoms with Crippen molar-refractivity contribution in [3.8, 4) is 0 Å². The van der Waals surface area contributed by atoms with Crippen LogP contribution in [0.5, 0.6) is 0 Å². The van der Waals surface area contributed by atoms with Crippen LogP contribution in [0.4, 0.5) is 10.5 Å². The zero-order valence-electron chi connectivity index (χ0n) is 12.8. The smallest absolute Gasteiger partial charge is 0.287 e. The van der Waals surface area contributed by atoms with E-state index in [0.717, 1.165) is 18.5 Å². The quantitative estimate of drug-likeness (QED) is 0.818. The molecule has 0 aliphatic carbocycles. The number of carbonyl (C=O) groups excluding carboxylic acids is 1. The second-order valence-electron chi connectivity index (χ2n) is 5.52. The SMILES string of the molecule is CC1CCN(S(=O)(=O)NC(=O)NN(C)c2ccccc2)CC1. The Morgan fingerprint density at radius 2 is 1.82 bits per heavy atom. The number of hydrogen-bond acceptors (Lipinski definition) is 4. The fraction of sp³-hybridized carbons (Fsp3) is 0.500. The summed E-state index contributed by atoms with van der Waals surface area (Å²) in [6, 6.07) is 8.36. The number of benzene rings is 1. The summed E-state index contributed by atoms with van der Waals surface area (Å²) in [5.74, 6) is 0.518. The van der Waals surface area contributed by atoms with E-state index in [2.05, 4.69) is 12.3 Å². The molecular formula is C14H22N4O3S. The van der Waals surface area contributed by atoms with Gasteiger partial charge >= 0.3 is 16.2 Å². The lowest BCUT2D eigenvalue weighted by Crippen LogP contribution is -2.52. The molecule has 0 saturated carbocycles. The van der Waals surface area contributed by atoms with Crippen LogP contribution < -0.4 is 15.2 Å².